The van der Waals surface area contributed by atoms with Crippen LogP contribution in [0.3, 0.4) is 0 Å². The molecule has 1 radical (unpaired) electrons. The smallest absolute Gasteiger partial charge is 0.0517 e. The number of rotatable bonds is 2. The van der Waals surface area contributed by atoms with Crippen LogP contribution in [0.2, 0.25) is 0 Å². The third-order valence-electron chi connectivity index (χ3n) is 0.504. The second-order valence-corrected chi connectivity index (χ2v) is 3.28. The molecule has 0 aromatic heterocycles. The fourth-order valence-electron chi connectivity index (χ4n) is 0.465. The zero-order valence-corrected chi connectivity index (χ0v) is 7.27. The van der Waals surface area contributed by atoms with Gasteiger partial charge >= 0.3 is 0 Å². The van der Waals surface area contributed by atoms with Crippen molar-refractivity contribution >= 4 is 10.2 Å². The molecule has 1 unspecified atom stereocenters. The van der Waals surface area contributed by atoms with Crippen LogP contribution >= 0.6 is 0 Å². The van der Waals surface area contributed by atoms with Gasteiger partial charge in [-0.1, -0.05) is 0 Å². The van der Waals surface area contributed by atoms with E-state index in [4.69, 9.17) is 4.74 Å². The molecule has 0 aliphatic carbocycles. The first kappa shape index (κ1) is 7.18. The highest BCUT2D eigenvalue weighted by Gasteiger charge is 1.94. The SMILES string of the molecule is [CH2]C([SiH3])OC(C)C. The van der Waals surface area contributed by atoms with Gasteiger partial charge in [-0.05, 0) is 20.8 Å². The van der Waals surface area contributed by atoms with E-state index in [1.54, 1.807) is 0 Å². The maximum atomic E-state index is 5.20. The van der Waals surface area contributed by atoms with E-state index in [2.05, 4.69) is 6.92 Å². The molecule has 0 N–H and O–H groups in total. The van der Waals surface area contributed by atoms with Crippen molar-refractivity contribution in [2.45, 2.75) is 25.7 Å². The normalized spacial score (nSPS) is 15.4. The van der Waals surface area contributed by atoms with E-state index in [0.29, 0.717) is 6.10 Å². The molecule has 0 aliphatic heterocycles. The quantitative estimate of drug-likeness (QED) is 0.460. The van der Waals surface area contributed by atoms with E-state index in [-0.39, 0.29) is 5.73 Å². The summed E-state index contributed by atoms with van der Waals surface area (Å²) in [6.07, 6.45) is 0.347. The van der Waals surface area contributed by atoms with Crippen molar-refractivity contribution < 1.29 is 4.74 Å². The van der Waals surface area contributed by atoms with Crippen molar-refractivity contribution in [1.82, 2.24) is 0 Å². The van der Waals surface area contributed by atoms with Gasteiger partial charge in [0.25, 0.3) is 0 Å². The lowest BCUT2D eigenvalue weighted by Crippen LogP contribution is -2.13. The van der Waals surface area contributed by atoms with Gasteiger partial charge in [0.1, 0.15) is 0 Å². The van der Waals surface area contributed by atoms with Crippen molar-refractivity contribution in [1.29, 1.82) is 0 Å². The van der Waals surface area contributed by atoms with Gasteiger partial charge in [0.15, 0.2) is 0 Å². The summed E-state index contributed by atoms with van der Waals surface area (Å²) in [5, 5.41) is 0. The third-order valence-corrected chi connectivity index (χ3v) is 0.777. The van der Waals surface area contributed by atoms with Gasteiger partial charge in [0.2, 0.25) is 0 Å². The molecule has 0 spiro atoms. The summed E-state index contributed by atoms with van der Waals surface area (Å²) in [5.41, 5.74) is 0.264. The van der Waals surface area contributed by atoms with Crippen molar-refractivity contribution in [3.8, 4) is 0 Å². The first-order valence-corrected chi connectivity index (χ1v) is 3.77. The first-order chi connectivity index (χ1) is 3.13. The molecule has 0 heterocycles. The Morgan fingerprint density at radius 1 is 1.57 bits per heavy atom. The highest BCUT2D eigenvalue weighted by atomic mass is 28.1. The summed E-state index contributed by atoms with van der Waals surface area (Å²) in [6, 6.07) is 0. The van der Waals surface area contributed by atoms with E-state index < -0.39 is 0 Å². The van der Waals surface area contributed by atoms with Crippen LogP contribution in [0.25, 0.3) is 0 Å². The lowest BCUT2D eigenvalue weighted by Gasteiger charge is -2.09. The van der Waals surface area contributed by atoms with Crippen molar-refractivity contribution in [3.63, 3.8) is 0 Å². The summed E-state index contributed by atoms with van der Waals surface area (Å²) in [7, 11) is 1.03. The van der Waals surface area contributed by atoms with Gasteiger partial charge in [0, 0.05) is 16.0 Å². The van der Waals surface area contributed by atoms with Crippen LogP contribution in [-0.4, -0.2) is 22.1 Å². The lowest BCUT2D eigenvalue weighted by molar-refractivity contribution is 0.0773. The van der Waals surface area contributed by atoms with Crippen LogP contribution in [0, 0.1) is 6.92 Å². The molecule has 2 heteroatoms. The maximum absolute atomic E-state index is 5.20. The summed E-state index contributed by atoms with van der Waals surface area (Å²) in [4.78, 5) is 0. The molecule has 0 amide bonds. The molecule has 0 fully saturated rings. The Bertz CT molecular complexity index is 37.3. The van der Waals surface area contributed by atoms with Crippen LogP contribution in [0.15, 0.2) is 0 Å². The predicted molar refractivity (Wildman–Crippen MR) is 35.3 cm³/mol. The molecule has 43 valence electrons. The van der Waals surface area contributed by atoms with Crippen LogP contribution in [-0.2, 0) is 4.74 Å². The van der Waals surface area contributed by atoms with E-state index in [0.717, 1.165) is 10.2 Å². The Kier molecular flexibility index (Phi) is 3.30. The average molecular weight is 117 g/mol. The fourth-order valence-corrected chi connectivity index (χ4v) is 1.01. The summed E-state index contributed by atoms with van der Waals surface area (Å²) in [6.45, 7) is 7.77. The minimum absolute atomic E-state index is 0.264. The van der Waals surface area contributed by atoms with Crippen molar-refractivity contribution in [2.24, 2.45) is 0 Å². The summed E-state index contributed by atoms with van der Waals surface area (Å²) >= 11 is 0. The molecule has 1 nitrogen and oxygen atoms in total. The third kappa shape index (κ3) is 6.18. The monoisotopic (exact) mass is 117 g/mol. The number of hydrogen-bond donors (Lipinski definition) is 0. The molecular formula is C5H13OSi. The number of hydrogen-bond acceptors (Lipinski definition) is 1. The van der Waals surface area contributed by atoms with E-state index >= 15 is 0 Å². The molecular weight excluding hydrogens is 104 g/mol. The topological polar surface area (TPSA) is 9.23 Å². The molecule has 0 rings (SSSR count). The first-order valence-electron chi connectivity index (χ1n) is 2.61. The zero-order chi connectivity index (χ0) is 5.86. The van der Waals surface area contributed by atoms with E-state index in [1.807, 2.05) is 13.8 Å². The van der Waals surface area contributed by atoms with Gasteiger partial charge in [0.05, 0.1) is 6.10 Å². The Hall–Kier alpha value is 0.177. The largest absolute Gasteiger partial charge is 0.380 e. The van der Waals surface area contributed by atoms with Crippen molar-refractivity contribution in [2.75, 3.05) is 0 Å². The second-order valence-electron chi connectivity index (χ2n) is 2.00. The highest BCUT2D eigenvalue weighted by molar-refractivity contribution is 6.11. The molecule has 0 saturated carbocycles. The van der Waals surface area contributed by atoms with Gasteiger partial charge in [-0.2, -0.15) is 0 Å². The summed E-state index contributed by atoms with van der Waals surface area (Å²) < 4.78 is 5.20. The van der Waals surface area contributed by atoms with Gasteiger partial charge in [-0.25, -0.2) is 0 Å². The molecule has 1 atom stereocenters. The second kappa shape index (κ2) is 3.21. The summed E-state index contributed by atoms with van der Waals surface area (Å²) in [5.74, 6) is 0. The average Bonchev–Trinajstić information content (AvgIpc) is 1.27. The highest BCUT2D eigenvalue weighted by Crippen LogP contribution is 1.89. The maximum Gasteiger partial charge on any atom is 0.0517 e. The predicted octanol–water partition coefficient (Wildman–Crippen LogP) is -0.0630. The Labute approximate surface area is 48.5 Å². The number of ether oxygens (including phenoxy) is 1. The standard InChI is InChI=1S/C5H13OSi/c1-4(2)6-5(3)7/h4-5H,3H2,1-2,7H3. The minimum atomic E-state index is 0.264. The zero-order valence-electron chi connectivity index (χ0n) is 5.27. The fraction of sp³-hybridized carbons (Fsp3) is 0.800. The van der Waals surface area contributed by atoms with Gasteiger partial charge in [-0.15, -0.1) is 0 Å². The Morgan fingerprint density at radius 2 is 2.00 bits per heavy atom. The van der Waals surface area contributed by atoms with Gasteiger partial charge < -0.3 is 4.74 Å². The van der Waals surface area contributed by atoms with Crippen LogP contribution in [0.1, 0.15) is 13.8 Å². The molecule has 0 bridgehead atoms. The van der Waals surface area contributed by atoms with E-state index in [9.17, 15) is 0 Å². The molecule has 0 saturated heterocycles. The lowest BCUT2D eigenvalue weighted by atomic mass is 10.5. The molecule has 0 aliphatic rings. The molecule has 0 aromatic rings. The molecule has 0 aromatic carbocycles. The van der Waals surface area contributed by atoms with Crippen molar-refractivity contribution in [3.05, 3.63) is 6.92 Å². The minimum Gasteiger partial charge on any atom is -0.380 e. The van der Waals surface area contributed by atoms with Crippen LogP contribution < -0.4 is 0 Å². The van der Waals surface area contributed by atoms with E-state index in [1.165, 1.54) is 0 Å². The van der Waals surface area contributed by atoms with Gasteiger partial charge in [-0.3, -0.25) is 0 Å². The van der Waals surface area contributed by atoms with Crippen LogP contribution in [0.4, 0.5) is 0 Å². The Balaban J connectivity index is 2.95. The molecule has 7 heavy (non-hydrogen) atoms. The Morgan fingerprint density at radius 3 is 2.00 bits per heavy atom. The van der Waals surface area contributed by atoms with Crippen LogP contribution in [0.5, 0.6) is 0 Å².